The van der Waals surface area contributed by atoms with Gasteiger partial charge in [-0.3, -0.25) is 4.79 Å². The van der Waals surface area contributed by atoms with E-state index in [9.17, 15) is 18.0 Å². The van der Waals surface area contributed by atoms with Crippen molar-refractivity contribution in [2.24, 2.45) is 0 Å². The molecule has 94 valence electrons. The van der Waals surface area contributed by atoms with Crippen molar-refractivity contribution in [1.82, 2.24) is 10.2 Å². The van der Waals surface area contributed by atoms with Gasteiger partial charge in [0.2, 0.25) is 5.91 Å². The fourth-order valence-corrected chi connectivity index (χ4v) is 1.90. The first kappa shape index (κ1) is 13.3. The number of carbonyl (C=O) groups excluding carboxylic acids is 1. The van der Waals surface area contributed by atoms with Gasteiger partial charge in [-0.15, -0.1) is 0 Å². The topological polar surface area (TPSA) is 32.3 Å². The SMILES string of the molecule is CCNC1CCN(C(=O)CC(F)(F)F)CC1. The monoisotopic (exact) mass is 238 g/mol. The van der Waals surface area contributed by atoms with Gasteiger partial charge in [-0.1, -0.05) is 6.92 Å². The number of halogens is 3. The molecule has 0 spiro atoms. The summed E-state index contributed by atoms with van der Waals surface area (Å²) in [5.41, 5.74) is 0. The molecular formula is C10H17F3N2O. The van der Waals surface area contributed by atoms with Gasteiger partial charge in [0.25, 0.3) is 0 Å². The first-order valence-electron chi connectivity index (χ1n) is 5.50. The summed E-state index contributed by atoms with van der Waals surface area (Å²) >= 11 is 0. The highest BCUT2D eigenvalue weighted by Gasteiger charge is 2.34. The van der Waals surface area contributed by atoms with Crippen molar-refractivity contribution in [2.45, 2.75) is 38.4 Å². The summed E-state index contributed by atoms with van der Waals surface area (Å²) in [6, 6.07) is 0.333. The number of nitrogens with zero attached hydrogens (tertiary/aromatic N) is 1. The minimum atomic E-state index is -4.39. The molecule has 0 radical (unpaired) electrons. The summed E-state index contributed by atoms with van der Waals surface area (Å²) in [6.45, 7) is 3.68. The molecule has 16 heavy (non-hydrogen) atoms. The second kappa shape index (κ2) is 5.52. The summed E-state index contributed by atoms with van der Waals surface area (Å²) < 4.78 is 36.0. The summed E-state index contributed by atoms with van der Waals surface area (Å²) in [5, 5.41) is 3.23. The number of alkyl halides is 3. The normalized spacial score (nSPS) is 18.9. The molecule has 0 saturated carbocycles. The summed E-state index contributed by atoms with van der Waals surface area (Å²) in [7, 11) is 0. The lowest BCUT2D eigenvalue weighted by Crippen LogP contribution is -2.45. The molecule has 1 fully saturated rings. The van der Waals surface area contributed by atoms with Gasteiger partial charge in [-0.25, -0.2) is 0 Å². The minimum Gasteiger partial charge on any atom is -0.342 e. The predicted octanol–water partition coefficient (Wildman–Crippen LogP) is 1.54. The first-order chi connectivity index (χ1) is 7.42. The third kappa shape index (κ3) is 4.38. The van der Waals surface area contributed by atoms with Gasteiger partial charge in [0.1, 0.15) is 6.42 Å². The Hall–Kier alpha value is -0.780. The van der Waals surface area contributed by atoms with E-state index in [-0.39, 0.29) is 0 Å². The average molecular weight is 238 g/mol. The summed E-state index contributed by atoms with van der Waals surface area (Å²) in [5.74, 6) is -0.803. The number of likely N-dealkylation sites (tertiary alicyclic amines) is 1. The van der Waals surface area contributed by atoms with Crippen LogP contribution in [-0.2, 0) is 4.79 Å². The smallest absolute Gasteiger partial charge is 0.342 e. The zero-order valence-corrected chi connectivity index (χ0v) is 9.31. The Morgan fingerprint density at radius 1 is 1.38 bits per heavy atom. The fraction of sp³-hybridized carbons (Fsp3) is 0.900. The highest BCUT2D eigenvalue weighted by atomic mass is 19.4. The molecular weight excluding hydrogens is 221 g/mol. The van der Waals surface area contributed by atoms with Crippen LogP contribution in [-0.4, -0.2) is 42.7 Å². The highest BCUT2D eigenvalue weighted by molar-refractivity contribution is 5.76. The van der Waals surface area contributed by atoms with Crippen LogP contribution in [0.25, 0.3) is 0 Å². The van der Waals surface area contributed by atoms with Crippen LogP contribution in [0.3, 0.4) is 0 Å². The average Bonchev–Trinajstić information content (AvgIpc) is 2.16. The Morgan fingerprint density at radius 3 is 2.38 bits per heavy atom. The van der Waals surface area contributed by atoms with Crippen LogP contribution < -0.4 is 5.32 Å². The van der Waals surface area contributed by atoms with E-state index in [0.717, 1.165) is 19.4 Å². The van der Waals surface area contributed by atoms with Crippen LogP contribution >= 0.6 is 0 Å². The Labute approximate surface area is 93.0 Å². The van der Waals surface area contributed by atoms with Gasteiger partial charge in [0.15, 0.2) is 0 Å². The molecule has 6 heteroatoms. The maximum atomic E-state index is 12.0. The second-order valence-corrected chi connectivity index (χ2v) is 4.00. The standard InChI is InChI=1S/C10H17F3N2O/c1-2-14-8-3-5-15(6-4-8)9(16)7-10(11,12)13/h8,14H,2-7H2,1H3. The molecule has 1 aliphatic heterocycles. The number of rotatable bonds is 3. The van der Waals surface area contributed by atoms with Gasteiger partial charge in [-0.2, -0.15) is 13.2 Å². The molecule has 1 rings (SSSR count). The molecule has 0 aliphatic carbocycles. The second-order valence-electron chi connectivity index (χ2n) is 4.00. The lowest BCUT2D eigenvalue weighted by molar-refractivity contribution is -0.162. The summed E-state index contributed by atoms with van der Waals surface area (Å²) in [6.07, 6.45) is -4.26. The third-order valence-electron chi connectivity index (χ3n) is 2.69. The number of hydrogen-bond donors (Lipinski definition) is 1. The van der Waals surface area contributed by atoms with Gasteiger partial charge in [0, 0.05) is 19.1 Å². The van der Waals surface area contributed by atoms with Gasteiger partial charge < -0.3 is 10.2 Å². The number of carbonyl (C=O) groups is 1. The van der Waals surface area contributed by atoms with E-state index in [1.807, 2.05) is 6.92 Å². The van der Waals surface area contributed by atoms with E-state index in [4.69, 9.17) is 0 Å². The molecule has 1 aliphatic rings. The Balaban J connectivity index is 2.33. The van der Waals surface area contributed by atoms with Gasteiger partial charge in [-0.05, 0) is 19.4 Å². The van der Waals surface area contributed by atoms with Crippen LogP contribution in [0.15, 0.2) is 0 Å². The van der Waals surface area contributed by atoms with E-state index < -0.39 is 18.5 Å². The maximum absolute atomic E-state index is 12.0. The third-order valence-corrected chi connectivity index (χ3v) is 2.69. The number of amides is 1. The molecule has 0 bridgehead atoms. The molecule has 1 amide bonds. The number of hydrogen-bond acceptors (Lipinski definition) is 2. The lowest BCUT2D eigenvalue weighted by atomic mass is 10.0. The predicted molar refractivity (Wildman–Crippen MR) is 54.0 cm³/mol. The Kier molecular flexibility index (Phi) is 4.58. The fourth-order valence-electron chi connectivity index (χ4n) is 1.90. The molecule has 0 unspecified atom stereocenters. The Morgan fingerprint density at radius 2 is 1.94 bits per heavy atom. The van der Waals surface area contributed by atoms with E-state index in [2.05, 4.69) is 5.32 Å². The van der Waals surface area contributed by atoms with Gasteiger partial charge >= 0.3 is 6.18 Å². The van der Waals surface area contributed by atoms with Crippen LogP contribution in [0.4, 0.5) is 13.2 Å². The van der Waals surface area contributed by atoms with E-state index in [1.54, 1.807) is 0 Å². The van der Waals surface area contributed by atoms with E-state index in [0.29, 0.717) is 19.1 Å². The maximum Gasteiger partial charge on any atom is 0.397 e. The lowest BCUT2D eigenvalue weighted by Gasteiger charge is -2.32. The zero-order valence-electron chi connectivity index (χ0n) is 9.31. The minimum absolute atomic E-state index is 0.333. The van der Waals surface area contributed by atoms with E-state index in [1.165, 1.54) is 4.90 Å². The van der Waals surface area contributed by atoms with Crippen molar-refractivity contribution < 1.29 is 18.0 Å². The molecule has 0 aromatic rings. The number of nitrogens with one attached hydrogen (secondary N) is 1. The first-order valence-corrected chi connectivity index (χ1v) is 5.50. The quantitative estimate of drug-likeness (QED) is 0.809. The Bertz CT molecular complexity index is 235. The van der Waals surface area contributed by atoms with Crippen molar-refractivity contribution in [3.63, 3.8) is 0 Å². The molecule has 1 heterocycles. The molecule has 0 aromatic carbocycles. The molecule has 3 nitrogen and oxygen atoms in total. The van der Waals surface area contributed by atoms with Crippen molar-refractivity contribution in [3.8, 4) is 0 Å². The van der Waals surface area contributed by atoms with E-state index >= 15 is 0 Å². The molecule has 0 atom stereocenters. The summed E-state index contributed by atoms with van der Waals surface area (Å²) in [4.78, 5) is 12.6. The molecule has 1 N–H and O–H groups in total. The van der Waals surface area contributed by atoms with Crippen LogP contribution in [0.2, 0.25) is 0 Å². The van der Waals surface area contributed by atoms with Crippen molar-refractivity contribution in [2.75, 3.05) is 19.6 Å². The molecule has 1 saturated heterocycles. The van der Waals surface area contributed by atoms with Crippen LogP contribution in [0.5, 0.6) is 0 Å². The van der Waals surface area contributed by atoms with Crippen LogP contribution in [0, 0.1) is 0 Å². The van der Waals surface area contributed by atoms with Crippen molar-refractivity contribution in [1.29, 1.82) is 0 Å². The highest BCUT2D eigenvalue weighted by Crippen LogP contribution is 2.22. The van der Waals surface area contributed by atoms with Gasteiger partial charge in [0.05, 0.1) is 0 Å². The molecule has 0 aromatic heterocycles. The largest absolute Gasteiger partial charge is 0.397 e. The zero-order chi connectivity index (χ0) is 12.2. The van der Waals surface area contributed by atoms with Crippen LogP contribution in [0.1, 0.15) is 26.2 Å². The van der Waals surface area contributed by atoms with Crippen molar-refractivity contribution in [3.05, 3.63) is 0 Å². The van der Waals surface area contributed by atoms with Crippen molar-refractivity contribution >= 4 is 5.91 Å². The number of piperidine rings is 1.